The van der Waals surface area contributed by atoms with Crippen LogP contribution in [0.4, 0.5) is 0 Å². The number of hydrogen-bond acceptors (Lipinski definition) is 4. The molecule has 1 amide bonds. The van der Waals surface area contributed by atoms with E-state index >= 15 is 0 Å². The highest BCUT2D eigenvalue weighted by molar-refractivity contribution is 7.90. The normalized spacial score (nSPS) is 11.1. The highest BCUT2D eigenvalue weighted by atomic mass is 32.2. The Morgan fingerprint density at radius 1 is 1.27 bits per heavy atom. The summed E-state index contributed by atoms with van der Waals surface area (Å²) in [4.78, 5) is 22.6. The first-order valence-electron chi connectivity index (χ1n) is 4.36. The van der Waals surface area contributed by atoms with E-state index in [2.05, 4.69) is 0 Å². The van der Waals surface area contributed by atoms with Crippen molar-refractivity contribution in [2.24, 2.45) is 0 Å². The Bertz CT molecular complexity index is 335. The molecule has 0 spiro atoms. The molecule has 7 heteroatoms. The molecule has 0 saturated carbocycles. The van der Waals surface area contributed by atoms with E-state index in [1.54, 1.807) is 0 Å². The lowest BCUT2D eigenvalue weighted by atomic mass is 10.3. The zero-order valence-electron chi connectivity index (χ0n) is 8.76. The molecule has 1 N–H and O–H groups in total. The van der Waals surface area contributed by atoms with Crippen LogP contribution in [0.25, 0.3) is 0 Å². The molecule has 15 heavy (non-hydrogen) atoms. The first-order valence-corrected chi connectivity index (χ1v) is 6.42. The maximum atomic E-state index is 11.2. The van der Waals surface area contributed by atoms with Crippen LogP contribution in [-0.4, -0.2) is 55.9 Å². The van der Waals surface area contributed by atoms with Gasteiger partial charge in [0.15, 0.2) is 0 Å². The molecule has 0 heterocycles. The molecule has 6 nitrogen and oxygen atoms in total. The van der Waals surface area contributed by atoms with E-state index in [0.29, 0.717) is 0 Å². The van der Waals surface area contributed by atoms with Crippen molar-refractivity contribution in [2.75, 3.05) is 25.6 Å². The predicted molar refractivity (Wildman–Crippen MR) is 54.2 cm³/mol. The third-order valence-corrected chi connectivity index (χ3v) is 2.70. The molecule has 88 valence electrons. The second-order valence-corrected chi connectivity index (χ2v) is 5.60. The van der Waals surface area contributed by atoms with Gasteiger partial charge in [-0.25, -0.2) is 8.42 Å². The minimum absolute atomic E-state index is 0.0945. The van der Waals surface area contributed by atoms with Crippen LogP contribution < -0.4 is 0 Å². The third kappa shape index (κ3) is 7.92. The Balaban J connectivity index is 3.95. The molecule has 0 aliphatic rings. The Labute approximate surface area is 88.8 Å². The molecular weight excluding hydrogens is 222 g/mol. The molecule has 0 aromatic heterocycles. The van der Waals surface area contributed by atoms with Crippen LogP contribution in [0.1, 0.15) is 12.8 Å². The van der Waals surface area contributed by atoms with Crippen LogP contribution >= 0.6 is 0 Å². The van der Waals surface area contributed by atoms with Gasteiger partial charge in [0.25, 0.3) is 0 Å². The van der Waals surface area contributed by atoms with Crippen molar-refractivity contribution in [3.05, 3.63) is 0 Å². The lowest BCUT2D eigenvalue weighted by Crippen LogP contribution is -2.31. The van der Waals surface area contributed by atoms with E-state index in [-0.39, 0.29) is 31.0 Å². The zero-order chi connectivity index (χ0) is 12.1. The maximum absolute atomic E-state index is 11.2. The van der Waals surface area contributed by atoms with Crippen molar-refractivity contribution < 1.29 is 23.1 Å². The molecule has 0 aromatic carbocycles. The number of carboxylic acids is 1. The fourth-order valence-electron chi connectivity index (χ4n) is 0.832. The largest absolute Gasteiger partial charge is 0.481 e. The molecule has 0 aromatic rings. The number of hydrogen-bond donors (Lipinski definition) is 1. The minimum atomic E-state index is -3.09. The standard InChI is InChI=1S/C8H15NO5S/c1-9(5-6-15(2,13)14)7(10)3-4-8(11)12/h3-6H2,1-2H3,(H,11,12). The van der Waals surface area contributed by atoms with Crippen LogP contribution in [0.15, 0.2) is 0 Å². The van der Waals surface area contributed by atoms with Gasteiger partial charge < -0.3 is 10.0 Å². The van der Waals surface area contributed by atoms with Gasteiger partial charge in [-0.05, 0) is 0 Å². The summed E-state index contributed by atoms with van der Waals surface area (Å²) in [7, 11) is -1.64. The zero-order valence-corrected chi connectivity index (χ0v) is 9.58. The van der Waals surface area contributed by atoms with Crippen LogP contribution in [0, 0.1) is 0 Å². The molecule has 0 aliphatic heterocycles. The number of aliphatic carboxylic acids is 1. The van der Waals surface area contributed by atoms with Gasteiger partial charge in [0.05, 0.1) is 12.2 Å². The van der Waals surface area contributed by atoms with E-state index in [4.69, 9.17) is 5.11 Å². The van der Waals surface area contributed by atoms with Gasteiger partial charge in [0.2, 0.25) is 5.91 Å². The van der Waals surface area contributed by atoms with E-state index in [1.807, 2.05) is 0 Å². The summed E-state index contributed by atoms with van der Waals surface area (Å²) in [6.07, 6.45) is 0.750. The highest BCUT2D eigenvalue weighted by Gasteiger charge is 2.12. The SMILES string of the molecule is CN(CCS(C)(=O)=O)C(=O)CCC(=O)O. The summed E-state index contributed by atoms with van der Waals surface area (Å²) in [6.45, 7) is 0.0945. The number of rotatable bonds is 6. The van der Waals surface area contributed by atoms with Gasteiger partial charge in [-0.15, -0.1) is 0 Å². The fraction of sp³-hybridized carbons (Fsp3) is 0.750. The molecule has 0 radical (unpaired) electrons. The summed E-state index contributed by atoms with van der Waals surface area (Å²) in [5.74, 6) is -1.51. The number of amides is 1. The lowest BCUT2D eigenvalue weighted by Gasteiger charge is -2.15. The van der Waals surface area contributed by atoms with E-state index in [1.165, 1.54) is 11.9 Å². The lowest BCUT2D eigenvalue weighted by molar-refractivity contribution is -0.140. The quantitative estimate of drug-likeness (QED) is 0.663. The van der Waals surface area contributed by atoms with Gasteiger partial charge >= 0.3 is 5.97 Å². The van der Waals surface area contributed by atoms with Crippen LogP contribution in [0.5, 0.6) is 0 Å². The molecule has 0 bridgehead atoms. The van der Waals surface area contributed by atoms with Crippen molar-refractivity contribution in [3.8, 4) is 0 Å². The summed E-state index contributed by atoms with van der Waals surface area (Å²) >= 11 is 0. The van der Waals surface area contributed by atoms with Crippen molar-refractivity contribution in [2.45, 2.75) is 12.8 Å². The average Bonchev–Trinajstić information content (AvgIpc) is 2.08. The average molecular weight is 237 g/mol. The monoisotopic (exact) mass is 237 g/mol. The number of carboxylic acid groups (broad SMARTS) is 1. The van der Waals surface area contributed by atoms with Crippen LogP contribution in [0.3, 0.4) is 0 Å². The predicted octanol–water partition coefficient (Wildman–Crippen LogP) is -0.646. The third-order valence-electron chi connectivity index (χ3n) is 1.78. The molecular formula is C8H15NO5S. The molecule has 0 aliphatic carbocycles. The fourth-order valence-corrected chi connectivity index (χ4v) is 1.44. The van der Waals surface area contributed by atoms with Gasteiger partial charge in [-0.2, -0.15) is 0 Å². The van der Waals surface area contributed by atoms with E-state index < -0.39 is 15.8 Å². The van der Waals surface area contributed by atoms with Gasteiger partial charge in [0, 0.05) is 26.3 Å². The van der Waals surface area contributed by atoms with Crippen LogP contribution in [0.2, 0.25) is 0 Å². The number of nitrogens with zero attached hydrogens (tertiary/aromatic N) is 1. The second-order valence-electron chi connectivity index (χ2n) is 3.34. The van der Waals surface area contributed by atoms with E-state index in [0.717, 1.165) is 6.26 Å². The number of carbonyl (C=O) groups is 2. The molecule has 0 fully saturated rings. The van der Waals surface area contributed by atoms with Gasteiger partial charge in [-0.1, -0.05) is 0 Å². The Kier molecular flexibility index (Phi) is 5.27. The van der Waals surface area contributed by atoms with Gasteiger partial charge in [-0.3, -0.25) is 9.59 Å². The van der Waals surface area contributed by atoms with Crippen molar-refractivity contribution in [1.82, 2.24) is 4.90 Å². The first kappa shape index (κ1) is 13.9. The Hall–Kier alpha value is -1.11. The molecule has 0 atom stereocenters. The summed E-state index contributed by atoms with van der Waals surface area (Å²) in [5, 5.41) is 8.34. The Morgan fingerprint density at radius 2 is 1.80 bits per heavy atom. The molecule has 0 rings (SSSR count). The van der Waals surface area contributed by atoms with Crippen molar-refractivity contribution >= 4 is 21.7 Å². The summed E-state index contributed by atoms with van der Waals surface area (Å²) in [6, 6.07) is 0. The molecule has 0 unspecified atom stereocenters. The number of sulfone groups is 1. The minimum Gasteiger partial charge on any atom is -0.481 e. The summed E-state index contributed by atoms with van der Waals surface area (Å²) < 4.78 is 21.6. The topological polar surface area (TPSA) is 91.8 Å². The smallest absolute Gasteiger partial charge is 0.303 e. The second kappa shape index (κ2) is 5.69. The highest BCUT2D eigenvalue weighted by Crippen LogP contribution is 1.96. The van der Waals surface area contributed by atoms with Crippen LogP contribution in [-0.2, 0) is 19.4 Å². The Morgan fingerprint density at radius 3 is 2.20 bits per heavy atom. The maximum Gasteiger partial charge on any atom is 0.303 e. The van der Waals surface area contributed by atoms with Crippen molar-refractivity contribution in [1.29, 1.82) is 0 Å². The first-order chi connectivity index (χ1) is 6.72. The van der Waals surface area contributed by atoms with Crippen molar-refractivity contribution in [3.63, 3.8) is 0 Å². The summed E-state index contributed by atoms with van der Waals surface area (Å²) in [5.41, 5.74) is 0. The molecule has 0 saturated heterocycles. The number of carbonyl (C=O) groups excluding carboxylic acids is 1. The van der Waals surface area contributed by atoms with E-state index in [9.17, 15) is 18.0 Å². The van der Waals surface area contributed by atoms with Gasteiger partial charge in [0.1, 0.15) is 9.84 Å².